The van der Waals surface area contributed by atoms with Crippen LogP contribution in [0.4, 0.5) is 0 Å². The molecule has 6 heteroatoms. The van der Waals surface area contributed by atoms with Gasteiger partial charge >= 0.3 is 7.82 Å². The Morgan fingerprint density at radius 2 is 1.21 bits per heavy atom. The Labute approximate surface area is 174 Å². The largest absolute Gasteiger partial charge is 0.469 e. The highest BCUT2D eigenvalue weighted by Crippen LogP contribution is 2.37. The van der Waals surface area contributed by atoms with E-state index in [1.165, 1.54) is 83.5 Å². The first kappa shape index (κ1) is 28.1. The Balaban J connectivity index is 3.62. The van der Waals surface area contributed by atoms with E-state index in [0.717, 1.165) is 32.4 Å². The minimum atomic E-state index is -4.36. The van der Waals surface area contributed by atoms with Gasteiger partial charge in [0, 0.05) is 0 Å². The maximum absolute atomic E-state index is 11.0. The van der Waals surface area contributed by atoms with Gasteiger partial charge in [0.25, 0.3) is 0 Å². The number of hydrogen-bond acceptors (Lipinski definition) is 3. The van der Waals surface area contributed by atoms with Crippen LogP contribution in [0.15, 0.2) is 0 Å². The number of nitrogens with one attached hydrogen (secondary N) is 1. The molecule has 0 saturated carbocycles. The van der Waals surface area contributed by atoms with Crippen molar-refractivity contribution in [2.45, 2.75) is 117 Å². The van der Waals surface area contributed by atoms with E-state index in [9.17, 15) is 4.57 Å². The van der Waals surface area contributed by atoms with Crippen molar-refractivity contribution in [3.05, 3.63) is 0 Å². The lowest BCUT2D eigenvalue weighted by molar-refractivity contribution is 0.158. The van der Waals surface area contributed by atoms with Gasteiger partial charge in [-0.25, -0.2) is 4.57 Å². The predicted molar refractivity (Wildman–Crippen MR) is 120 cm³/mol. The van der Waals surface area contributed by atoms with Crippen LogP contribution in [0.5, 0.6) is 0 Å². The molecule has 0 spiro atoms. The molecule has 0 heterocycles. The zero-order chi connectivity index (χ0) is 20.9. The summed E-state index contributed by atoms with van der Waals surface area (Å²) in [4.78, 5) is 17.9. The molecule has 0 aliphatic rings. The Bertz CT molecular complexity index is 362. The van der Waals surface area contributed by atoms with Gasteiger partial charge in [-0.1, -0.05) is 97.3 Å². The molecule has 0 aromatic carbocycles. The van der Waals surface area contributed by atoms with Gasteiger partial charge in [0.05, 0.1) is 6.61 Å². The van der Waals surface area contributed by atoms with Crippen LogP contribution >= 0.6 is 7.82 Å². The van der Waals surface area contributed by atoms with E-state index in [1.54, 1.807) is 0 Å². The summed E-state index contributed by atoms with van der Waals surface area (Å²) in [5.74, 6) is 0.227. The van der Waals surface area contributed by atoms with Gasteiger partial charge in [-0.05, 0) is 38.3 Å². The van der Waals surface area contributed by atoms with E-state index in [-0.39, 0.29) is 12.5 Å². The monoisotopic (exact) mass is 421 g/mol. The fraction of sp³-hybridized carbons (Fsp3) is 1.00. The van der Waals surface area contributed by atoms with Crippen LogP contribution in [0.2, 0.25) is 0 Å². The van der Waals surface area contributed by atoms with Crippen molar-refractivity contribution in [1.82, 2.24) is 5.32 Å². The molecule has 0 fully saturated rings. The second kappa shape index (κ2) is 20.3. The number of rotatable bonds is 22. The van der Waals surface area contributed by atoms with Crippen molar-refractivity contribution < 1.29 is 18.9 Å². The molecule has 170 valence electrons. The van der Waals surface area contributed by atoms with Crippen LogP contribution in [0.25, 0.3) is 0 Å². The molecule has 0 aromatic heterocycles. The van der Waals surface area contributed by atoms with Gasteiger partial charge in [0.1, 0.15) is 0 Å². The maximum atomic E-state index is 11.0. The van der Waals surface area contributed by atoms with Crippen molar-refractivity contribution in [2.24, 2.45) is 5.92 Å². The first-order chi connectivity index (χ1) is 13.5. The van der Waals surface area contributed by atoms with E-state index in [2.05, 4.69) is 19.2 Å². The third-order valence-electron chi connectivity index (χ3n) is 5.38. The van der Waals surface area contributed by atoms with Crippen molar-refractivity contribution >= 4 is 7.82 Å². The smallest absolute Gasteiger partial charge is 0.317 e. The normalized spacial score (nSPS) is 13.1. The van der Waals surface area contributed by atoms with E-state index >= 15 is 0 Å². The summed E-state index contributed by atoms with van der Waals surface area (Å²) >= 11 is 0. The molecule has 0 bridgehead atoms. The number of unbranched alkanes of at least 4 members (excludes halogenated alkanes) is 12. The average molecular weight is 422 g/mol. The van der Waals surface area contributed by atoms with Gasteiger partial charge in [-0.3, -0.25) is 4.52 Å². The minimum absolute atomic E-state index is 0.163. The molecule has 0 radical (unpaired) electrons. The molecule has 1 unspecified atom stereocenters. The van der Waals surface area contributed by atoms with Crippen LogP contribution in [0, 0.1) is 5.92 Å². The molecule has 0 amide bonds. The first-order valence-corrected chi connectivity index (χ1v) is 13.4. The second-order valence-electron chi connectivity index (χ2n) is 8.22. The lowest BCUT2D eigenvalue weighted by Crippen LogP contribution is -2.21. The van der Waals surface area contributed by atoms with Gasteiger partial charge in [-0.2, -0.15) is 0 Å². The third-order valence-corrected chi connectivity index (χ3v) is 5.87. The van der Waals surface area contributed by atoms with Gasteiger partial charge in [-0.15, -0.1) is 0 Å². The van der Waals surface area contributed by atoms with E-state index in [0.29, 0.717) is 0 Å². The SMILES string of the molecule is CCCCCCCCCCCCNCCC(CCCCCC)COP(=O)(O)O. The number of phosphoric ester groups is 1. The zero-order valence-corrected chi connectivity index (χ0v) is 19.6. The van der Waals surface area contributed by atoms with Crippen molar-refractivity contribution in [3.63, 3.8) is 0 Å². The number of hydrogen-bond donors (Lipinski definition) is 3. The summed E-state index contributed by atoms with van der Waals surface area (Å²) in [6, 6.07) is 0. The summed E-state index contributed by atoms with van der Waals surface area (Å²) in [7, 11) is -4.36. The van der Waals surface area contributed by atoms with Crippen LogP contribution in [0.1, 0.15) is 117 Å². The van der Waals surface area contributed by atoms with Crippen molar-refractivity contribution in [3.8, 4) is 0 Å². The fourth-order valence-corrected chi connectivity index (χ4v) is 3.95. The molecule has 0 aliphatic heterocycles. The Kier molecular flexibility index (Phi) is 20.4. The summed E-state index contributed by atoms with van der Waals surface area (Å²) in [6.07, 6.45) is 20.1. The number of phosphoric acid groups is 1. The molecule has 0 rings (SSSR count). The van der Waals surface area contributed by atoms with E-state index in [4.69, 9.17) is 14.3 Å². The van der Waals surface area contributed by atoms with Crippen molar-refractivity contribution in [2.75, 3.05) is 19.7 Å². The summed E-state index contributed by atoms with van der Waals surface area (Å²) < 4.78 is 15.7. The average Bonchev–Trinajstić information content (AvgIpc) is 2.65. The second-order valence-corrected chi connectivity index (χ2v) is 9.46. The summed E-state index contributed by atoms with van der Waals surface area (Å²) in [6.45, 7) is 6.55. The Morgan fingerprint density at radius 1 is 0.714 bits per heavy atom. The minimum Gasteiger partial charge on any atom is -0.317 e. The molecular weight excluding hydrogens is 373 g/mol. The molecule has 3 N–H and O–H groups in total. The van der Waals surface area contributed by atoms with Crippen molar-refractivity contribution in [1.29, 1.82) is 0 Å². The van der Waals surface area contributed by atoms with Crippen LogP contribution in [-0.2, 0) is 9.09 Å². The molecule has 0 saturated heterocycles. The first-order valence-electron chi connectivity index (χ1n) is 11.9. The molecule has 5 nitrogen and oxygen atoms in total. The molecular formula is C22H48NO4P. The van der Waals surface area contributed by atoms with Crippen LogP contribution in [-0.4, -0.2) is 29.5 Å². The van der Waals surface area contributed by atoms with Crippen LogP contribution in [0.3, 0.4) is 0 Å². The Hall–Kier alpha value is 0.0700. The molecule has 0 aromatic rings. The fourth-order valence-electron chi connectivity index (χ4n) is 3.54. The maximum Gasteiger partial charge on any atom is 0.469 e. The highest BCUT2D eigenvalue weighted by molar-refractivity contribution is 7.46. The quantitative estimate of drug-likeness (QED) is 0.136. The van der Waals surface area contributed by atoms with Crippen LogP contribution < -0.4 is 5.32 Å². The molecule has 1 atom stereocenters. The lowest BCUT2D eigenvalue weighted by atomic mass is 9.98. The standard InChI is InChI=1S/C22H48NO4P/c1-3-5-7-9-10-11-12-13-14-16-19-23-20-18-22(17-15-8-6-4-2)21-27-28(24,25)26/h22-23H,3-21H2,1-2H3,(H2,24,25,26). The summed E-state index contributed by atoms with van der Waals surface area (Å²) in [5.41, 5.74) is 0. The predicted octanol–water partition coefficient (Wildman–Crippen LogP) is 6.58. The molecule has 0 aliphatic carbocycles. The van der Waals surface area contributed by atoms with E-state index < -0.39 is 7.82 Å². The highest BCUT2D eigenvalue weighted by atomic mass is 31.2. The highest BCUT2D eigenvalue weighted by Gasteiger charge is 2.18. The van der Waals surface area contributed by atoms with Gasteiger partial charge < -0.3 is 15.1 Å². The summed E-state index contributed by atoms with van der Waals surface area (Å²) in [5, 5.41) is 3.49. The Morgan fingerprint density at radius 3 is 1.75 bits per heavy atom. The topological polar surface area (TPSA) is 78.8 Å². The third kappa shape index (κ3) is 22.4. The van der Waals surface area contributed by atoms with Gasteiger partial charge in [0.2, 0.25) is 0 Å². The molecule has 28 heavy (non-hydrogen) atoms. The van der Waals surface area contributed by atoms with Gasteiger partial charge in [0.15, 0.2) is 0 Å². The zero-order valence-electron chi connectivity index (χ0n) is 18.7. The van der Waals surface area contributed by atoms with E-state index in [1.807, 2.05) is 0 Å². The lowest BCUT2D eigenvalue weighted by Gasteiger charge is -2.17.